The molecule has 2 aromatic heterocycles. The Morgan fingerprint density at radius 3 is 2.48 bits per heavy atom. The van der Waals surface area contributed by atoms with E-state index in [0.717, 1.165) is 5.56 Å². The SMILES string of the molecule is Cc1ncc(NC(=O)Nc2ccccn2)c(-c2ccccc2)n1. The maximum Gasteiger partial charge on any atom is 0.324 e. The van der Waals surface area contributed by atoms with E-state index in [1.54, 1.807) is 30.6 Å². The van der Waals surface area contributed by atoms with Crippen LogP contribution in [0.4, 0.5) is 16.3 Å². The summed E-state index contributed by atoms with van der Waals surface area (Å²) in [6.45, 7) is 1.81. The number of benzene rings is 1. The molecule has 0 saturated heterocycles. The number of hydrogen-bond acceptors (Lipinski definition) is 4. The first-order valence-electron chi connectivity index (χ1n) is 7.10. The second kappa shape index (κ2) is 6.65. The molecular formula is C17H15N5O. The average Bonchev–Trinajstić information content (AvgIpc) is 2.58. The summed E-state index contributed by atoms with van der Waals surface area (Å²) in [4.78, 5) is 24.8. The van der Waals surface area contributed by atoms with E-state index in [1.165, 1.54) is 0 Å². The first-order valence-corrected chi connectivity index (χ1v) is 7.10. The van der Waals surface area contributed by atoms with Crippen LogP contribution in [0.15, 0.2) is 60.9 Å². The molecule has 0 fully saturated rings. The highest BCUT2D eigenvalue weighted by Crippen LogP contribution is 2.25. The molecule has 0 radical (unpaired) electrons. The van der Waals surface area contributed by atoms with E-state index >= 15 is 0 Å². The van der Waals surface area contributed by atoms with Crippen LogP contribution in [0.3, 0.4) is 0 Å². The lowest BCUT2D eigenvalue weighted by Gasteiger charge is -2.11. The first kappa shape index (κ1) is 14.6. The number of aromatic nitrogens is 3. The molecule has 0 spiro atoms. The van der Waals surface area contributed by atoms with Gasteiger partial charge in [-0.05, 0) is 19.1 Å². The molecule has 1 aromatic carbocycles. The van der Waals surface area contributed by atoms with Crippen molar-refractivity contribution in [3.05, 3.63) is 66.7 Å². The van der Waals surface area contributed by atoms with Crippen molar-refractivity contribution < 1.29 is 4.79 Å². The molecule has 3 rings (SSSR count). The van der Waals surface area contributed by atoms with E-state index < -0.39 is 6.03 Å². The summed E-state index contributed by atoms with van der Waals surface area (Å²) in [5.41, 5.74) is 2.12. The summed E-state index contributed by atoms with van der Waals surface area (Å²) in [5.74, 6) is 1.11. The molecule has 0 aliphatic carbocycles. The highest BCUT2D eigenvalue weighted by molar-refractivity contribution is 6.01. The molecule has 114 valence electrons. The van der Waals surface area contributed by atoms with Crippen LogP contribution in [0, 0.1) is 6.92 Å². The highest BCUT2D eigenvalue weighted by atomic mass is 16.2. The van der Waals surface area contributed by atoms with E-state index in [-0.39, 0.29) is 0 Å². The lowest BCUT2D eigenvalue weighted by atomic mass is 10.1. The van der Waals surface area contributed by atoms with Gasteiger partial charge in [-0.3, -0.25) is 5.32 Å². The van der Waals surface area contributed by atoms with Crippen molar-refractivity contribution in [2.75, 3.05) is 10.6 Å². The van der Waals surface area contributed by atoms with Crippen LogP contribution in [0.2, 0.25) is 0 Å². The molecule has 3 aromatic rings. The number of rotatable bonds is 3. The first-order chi connectivity index (χ1) is 11.2. The number of anilines is 2. The van der Waals surface area contributed by atoms with Crippen molar-refractivity contribution in [2.45, 2.75) is 6.92 Å². The van der Waals surface area contributed by atoms with Crippen molar-refractivity contribution in [2.24, 2.45) is 0 Å². The molecule has 23 heavy (non-hydrogen) atoms. The third-order valence-corrected chi connectivity index (χ3v) is 3.11. The van der Waals surface area contributed by atoms with Gasteiger partial charge in [0.15, 0.2) is 0 Å². The van der Waals surface area contributed by atoms with Crippen LogP contribution in [-0.4, -0.2) is 21.0 Å². The predicted molar refractivity (Wildman–Crippen MR) is 89.1 cm³/mol. The molecule has 2 amide bonds. The van der Waals surface area contributed by atoms with Crippen molar-refractivity contribution in [1.82, 2.24) is 15.0 Å². The smallest absolute Gasteiger partial charge is 0.304 e. The number of amides is 2. The Labute approximate surface area is 133 Å². The van der Waals surface area contributed by atoms with Gasteiger partial charge in [-0.25, -0.2) is 19.7 Å². The molecule has 0 aliphatic rings. The van der Waals surface area contributed by atoms with Crippen LogP contribution in [-0.2, 0) is 0 Å². The number of aryl methyl sites for hydroxylation is 1. The lowest BCUT2D eigenvalue weighted by molar-refractivity contribution is 0.262. The number of nitrogens with zero attached hydrogens (tertiary/aromatic N) is 3. The third-order valence-electron chi connectivity index (χ3n) is 3.11. The Bertz CT molecular complexity index is 806. The minimum atomic E-state index is -0.395. The minimum absolute atomic E-state index is 0.395. The summed E-state index contributed by atoms with van der Waals surface area (Å²) in [6, 6.07) is 14.5. The zero-order valence-electron chi connectivity index (χ0n) is 12.5. The molecule has 6 heteroatoms. The second-order valence-electron chi connectivity index (χ2n) is 4.84. The maximum atomic E-state index is 12.1. The summed E-state index contributed by atoms with van der Waals surface area (Å²) in [5, 5.41) is 5.44. The van der Waals surface area contributed by atoms with Gasteiger partial charge in [0.2, 0.25) is 0 Å². The van der Waals surface area contributed by atoms with Crippen LogP contribution < -0.4 is 10.6 Å². The second-order valence-corrected chi connectivity index (χ2v) is 4.84. The summed E-state index contributed by atoms with van der Waals surface area (Å²) in [7, 11) is 0. The number of carbonyl (C=O) groups is 1. The fourth-order valence-corrected chi connectivity index (χ4v) is 2.08. The molecule has 2 N–H and O–H groups in total. The third kappa shape index (κ3) is 3.68. The van der Waals surface area contributed by atoms with Gasteiger partial charge >= 0.3 is 6.03 Å². The molecule has 6 nitrogen and oxygen atoms in total. The van der Waals surface area contributed by atoms with Crippen molar-refractivity contribution in [3.8, 4) is 11.3 Å². The fourth-order valence-electron chi connectivity index (χ4n) is 2.08. The van der Waals surface area contributed by atoms with Gasteiger partial charge in [-0.1, -0.05) is 36.4 Å². The van der Waals surface area contributed by atoms with Gasteiger partial charge in [0, 0.05) is 11.8 Å². The molecule has 0 bridgehead atoms. The number of hydrogen-bond donors (Lipinski definition) is 2. The van der Waals surface area contributed by atoms with E-state index in [1.807, 2.05) is 37.3 Å². The standard InChI is InChI=1S/C17H15N5O/c1-12-19-11-14(16(20-12)13-7-3-2-4-8-13)21-17(23)22-15-9-5-6-10-18-15/h2-11H,1H3,(H2,18,21,22,23). The molecule has 2 heterocycles. The number of pyridine rings is 1. The van der Waals surface area contributed by atoms with E-state index in [2.05, 4.69) is 25.6 Å². The molecule has 0 atom stereocenters. The molecule has 0 aliphatic heterocycles. The Morgan fingerprint density at radius 1 is 0.957 bits per heavy atom. The summed E-state index contributed by atoms with van der Waals surface area (Å²) in [6.07, 6.45) is 3.21. The van der Waals surface area contributed by atoms with E-state index in [0.29, 0.717) is 23.0 Å². The summed E-state index contributed by atoms with van der Waals surface area (Å²) < 4.78 is 0. The Morgan fingerprint density at radius 2 is 1.74 bits per heavy atom. The largest absolute Gasteiger partial charge is 0.324 e. The van der Waals surface area contributed by atoms with Crippen LogP contribution in [0.1, 0.15) is 5.82 Å². The Balaban J connectivity index is 1.84. The fraction of sp³-hybridized carbons (Fsp3) is 0.0588. The van der Waals surface area contributed by atoms with Crippen LogP contribution in [0.25, 0.3) is 11.3 Å². The average molecular weight is 305 g/mol. The lowest BCUT2D eigenvalue weighted by Crippen LogP contribution is -2.21. The topological polar surface area (TPSA) is 79.8 Å². The van der Waals surface area contributed by atoms with Crippen molar-refractivity contribution >= 4 is 17.5 Å². The maximum absolute atomic E-state index is 12.1. The van der Waals surface area contributed by atoms with Gasteiger partial charge in [-0.2, -0.15) is 0 Å². The van der Waals surface area contributed by atoms with Gasteiger partial charge in [-0.15, -0.1) is 0 Å². The van der Waals surface area contributed by atoms with Crippen molar-refractivity contribution in [1.29, 1.82) is 0 Å². The summed E-state index contributed by atoms with van der Waals surface area (Å²) >= 11 is 0. The highest BCUT2D eigenvalue weighted by Gasteiger charge is 2.11. The molecule has 0 unspecified atom stereocenters. The van der Waals surface area contributed by atoms with Crippen LogP contribution >= 0.6 is 0 Å². The van der Waals surface area contributed by atoms with Gasteiger partial charge < -0.3 is 5.32 Å². The molecule has 0 saturated carbocycles. The quantitative estimate of drug-likeness (QED) is 0.776. The molecular weight excluding hydrogens is 290 g/mol. The van der Waals surface area contributed by atoms with Gasteiger partial charge in [0.25, 0.3) is 0 Å². The van der Waals surface area contributed by atoms with Crippen molar-refractivity contribution in [3.63, 3.8) is 0 Å². The van der Waals surface area contributed by atoms with E-state index in [4.69, 9.17) is 0 Å². The normalized spacial score (nSPS) is 10.1. The number of carbonyl (C=O) groups excluding carboxylic acids is 1. The number of urea groups is 1. The van der Waals surface area contributed by atoms with Crippen LogP contribution in [0.5, 0.6) is 0 Å². The zero-order valence-corrected chi connectivity index (χ0v) is 12.5. The Hall–Kier alpha value is -3.28. The van der Waals surface area contributed by atoms with Gasteiger partial charge in [0.1, 0.15) is 11.6 Å². The number of nitrogens with one attached hydrogen (secondary N) is 2. The zero-order chi connectivity index (χ0) is 16.1. The Kier molecular flexibility index (Phi) is 4.24. The predicted octanol–water partition coefficient (Wildman–Crippen LogP) is 3.49. The van der Waals surface area contributed by atoms with E-state index in [9.17, 15) is 4.79 Å². The minimum Gasteiger partial charge on any atom is -0.304 e. The monoisotopic (exact) mass is 305 g/mol. The van der Waals surface area contributed by atoms with Gasteiger partial charge in [0.05, 0.1) is 17.6 Å².